The molecule has 0 unspecified atom stereocenters. The van der Waals surface area contributed by atoms with Crippen LogP contribution in [0.15, 0.2) is 11.0 Å². The molecule has 140 valence electrons. The van der Waals surface area contributed by atoms with Crippen molar-refractivity contribution in [3.8, 4) is 0 Å². The van der Waals surface area contributed by atoms with Crippen LogP contribution < -0.4 is 4.90 Å². The van der Waals surface area contributed by atoms with Gasteiger partial charge in [0, 0.05) is 13.1 Å². The van der Waals surface area contributed by atoms with Crippen molar-refractivity contribution >= 4 is 84.0 Å². The molecule has 0 spiro atoms. The molecule has 0 bridgehead atoms. The molecule has 4 aromatic heterocycles. The van der Waals surface area contributed by atoms with Crippen LogP contribution in [0.1, 0.15) is 0 Å². The van der Waals surface area contributed by atoms with E-state index >= 15 is 0 Å². The topological polar surface area (TPSA) is 89.8 Å². The lowest BCUT2D eigenvalue weighted by molar-refractivity contribution is 0.122. The molecule has 1 saturated heterocycles. The summed E-state index contributed by atoms with van der Waals surface area (Å²) >= 11 is 20.1. The molecule has 0 saturated carbocycles. The van der Waals surface area contributed by atoms with E-state index in [-0.39, 0.29) is 10.6 Å². The minimum absolute atomic E-state index is 0.133. The third kappa shape index (κ3) is 4.20. The Hall–Kier alpha value is -1.43. The molecule has 4 aromatic rings. The molecule has 0 N–H and O–H groups in total. The molecule has 0 atom stereocenters. The molecule has 27 heavy (non-hydrogen) atoms. The number of hydrogen-bond donors (Lipinski definition) is 0. The minimum Gasteiger partial charge on any atom is -0.378 e. The zero-order valence-corrected chi connectivity index (χ0v) is 17.4. The van der Waals surface area contributed by atoms with E-state index in [1.807, 2.05) is 0 Å². The standard InChI is InChI=1S/C9H9ClN4OS.C5HCl2N3S/c10-9-12-7-6(16-5-11-7)8(13-9)14-1-3-15-4-2-14;6-3-2-4(8-1-11-2)10-5(7)9-3/h5H,1-4H2;1H. The number of halogens is 3. The van der Waals surface area contributed by atoms with E-state index in [2.05, 4.69) is 34.8 Å². The van der Waals surface area contributed by atoms with Crippen LogP contribution in [0.25, 0.3) is 20.7 Å². The van der Waals surface area contributed by atoms with Crippen LogP contribution in [0.3, 0.4) is 0 Å². The molecule has 0 aromatic carbocycles. The van der Waals surface area contributed by atoms with E-state index in [1.165, 1.54) is 22.7 Å². The summed E-state index contributed by atoms with van der Waals surface area (Å²) in [5.74, 6) is 0.876. The first-order valence-corrected chi connectivity index (χ1v) is 10.5. The quantitative estimate of drug-likeness (QED) is 0.310. The molecule has 1 aliphatic heterocycles. The predicted octanol–water partition coefficient (Wildman–Crippen LogP) is 3.97. The van der Waals surface area contributed by atoms with Crippen LogP contribution in [0.4, 0.5) is 5.82 Å². The van der Waals surface area contributed by atoms with Crippen molar-refractivity contribution in [2.45, 2.75) is 0 Å². The maximum atomic E-state index is 5.88. The lowest BCUT2D eigenvalue weighted by atomic mass is 10.4. The summed E-state index contributed by atoms with van der Waals surface area (Å²) in [5.41, 5.74) is 4.65. The van der Waals surface area contributed by atoms with Crippen LogP contribution in [0.2, 0.25) is 15.7 Å². The van der Waals surface area contributed by atoms with Crippen molar-refractivity contribution in [1.82, 2.24) is 29.9 Å². The molecule has 0 aliphatic carbocycles. The Kier molecular flexibility index (Phi) is 5.81. The highest BCUT2D eigenvalue weighted by atomic mass is 35.5. The second-order valence-electron chi connectivity index (χ2n) is 5.21. The molecular weight excluding hydrogens is 453 g/mol. The number of nitrogens with zero attached hydrogens (tertiary/aromatic N) is 7. The number of thiazole rings is 2. The summed E-state index contributed by atoms with van der Waals surface area (Å²) < 4.78 is 7.08. The molecule has 5 rings (SSSR count). The number of fused-ring (bicyclic) bond motifs is 2. The van der Waals surface area contributed by atoms with Gasteiger partial charge in [-0.15, -0.1) is 22.7 Å². The molecular formula is C14H10Cl3N7OS2. The van der Waals surface area contributed by atoms with E-state index in [9.17, 15) is 0 Å². The fraction of sp³-hybridized carbons (Fsp3) is 0.286. The Morgan fingerprint density at radius 3 is 2.11 bits per heavy atom. The fourth-order valence-electron chi connectivity index (χ4n) is 2.42. The number of rotatable bonds is 1. The van der Waals surface area contributed by atoms with Crippen LogP contribution in [-0.4, -0.2) is 56.2 Å². The van der Waals surface area contributed by atoms with Gasteiger partial charge >= 0.3 is 0 Å². The fourth-order valence-corrected chi connectivity index (χ4v) is 4.43. The smallest absolute Gasteiger partial charge is 0.226 e. The van der Waals surface area contributed by atoms with Crippen LogP contribution in [0, 0.1) is 0 Å². The lowest BCUT2D eigenvalue weighted by Crippen LogP contribution is -2.36. The number of ether oxygens (including phenoxy) is 1. The van der Waals surface area contributed by atoms with Crippen molar-refractivity contribution in [2.75, 3.05) is 31.2 Å². The maximum Gasteiger partial charge on any atom is 0.226 e. The third-order valence-electron chi connectivity index (χ3n) is 3.58. The average Bonchev–Trinajstić information content (AvgIpc) is 3.31. The zero-order chi connectivity index (χ0) is 18.8. The Morgan fingerprint density at radius 1 is 0.815 bits per heavy atom. The van der Waals surface area contributed by atoms with E-state index in [0.717, 1.165) is 41.5 Å². The number of morpholine rings is 1. The van der Waals surface area contributed by atoms with Gasteiger partial charge in [-0.1, -0.05) is 11.6 Å². The summed E-state index contributed by atoms with van der Waals surface area (Å²) in [6, 6.07) is 0. The Balaban J connectivity index is 0.000000143. The van der Waals surface area contributed by atoms with Crippen LogP contribution >= 0.6 is 57.5 Å². The number of aromatic nitrogens is 6. The van der Waals surface area contributed by atoms with Gasteiger partial charge in [0.15, 0.2) is 22.3 Å². The zero-order valence-electron chi connectivity index (χ0n) is 13.5. The van der Waals surface area contributed by atoms with Crippen LogP contribution in [-0.2, 0) is 4.74 Å². The Labute approximate surface area is 176 Å². The third-order valence-corrected chi connectivity index (χ3v) is 5.94. The van der Waals surface area contributed by atoms with Gasteiger partial charge in [-0.25, -0.2) is 15.0 Å². The van der Waals surface area contributed by atoms with E-state index in [4.69, 9.17) is 39.5 Å². The lowest BCUT2D eigenvalue weighted by Gasteiger charge is -2.27. The van der Waals surface area contributed by atoms with Gasteiger partial charge in [0.1, 0.15) is 9.40 Å². The second kappa shape index (κ2) is 8.29. The number of hydrogen-bond acceptors (Lipinski definition) is 10. The highest BCUT2D eigenvalue weighted by Crippen LogP contribution is 2.28. The predicted molar refractivity (Wildman–Crippen MR) is 108 cm³/mol. The maximum absolute atomic E-state index is 5.88. The Bertz CT molecular complexity index is 1080. The molecule has 0 amide bonds. The van der Waals surface area contributed by atoms with Gasteiger partial charge in [0.25, 0.3) is 0 Å². The van der Waals surface area contributed by atoms with Crippen molar-refractivity contribution < 1.29 is 4.74 Å². The van der Waals surface area contributed by atoms with Crippen molar-refractivity contribution in [2.24, 2.45) is 0 Å². The van der Waals surface area contributed by atoms with Crippen molar-refractivity contribution in [3.05, 3.63) is 26.7 Å². The second-order valence-corrected chi connectivity index (χ2v) is 7.95. The van der Waals surface area contributed by atoms with E-state index in [1.54, 1.807) is 11.0 Å². The van der Waals surface area contributed by atoms with Gasteiger partial charge in [-0.05, 0) is 23.2 Å². The van der Waals surface area contributed by atoms with Crippen molar-refractivity contribution in [1.29, 1.82) is 0 Å². The average molecular weight is 463 g/mol. The summed E-state index contributed by atoms with van der Waals surface area (Å²) in [6.45, 7) is 3.12. The highest BCUT2D eigenvalue weighted by Gasteiger charge is 2.18. The molecule has 5 heterocycles. The molecule has 0 radical (unpaired) electrons. The molecule has 1 fully saturated rings. The van der Waals surface area contributed by atoms with Crippen LogP contribution in [0.5, 0.6) is 0 Å². The summed E-state index contributed by atoms with van der Waals surface area (Å²) in [5, 5.41) is 0.746. The summed E-state index contributed by atoms with van der Waals surface area (Å²) in [4.78, 5) is 26.3. The monoisotopic (exact) mass is 461 g/mol. The SMILES string of the molecule is Clc1nc(Cl)c2scnc2n1.Clc1nc(N2CCOCC2)c2scnc2n1. The van der Waals surface area contributed by atoms with Gasteiger partial charge in [-0.3, -0.25) is 0 Å². The largest absolute Gasteiger partial charge is 0.378 e. The Morgan fingerprint density at radius 2 is 1.41 bits per heavy atom. The van der Waals surface area contributed by atoms with Gasteiger partial charge in [0.2, 0.25) is 10.6 Å². The van der Waals surface area contributed by atoms with Crippen molar-refractivity contribution in [3.63, 3.8) is 0 Å². The molecule has 1 aliphatic rings. The summed E-state index contributed by atoms with van der Waals surface area (Å²) in [7, 11) is 0. The van der Waals surface area contributed by atoms with E-state index in [0.29, 0.717) is 16.4 Å². The first-order chi connectivity index (χ1) is 13.1. The molecule has 8 nitrogen and oxygen atoms in total. The van der Waals surface area contributed by atoms with Gasteiger partial charge in [0.05, 0.1) is 24.2 Å². The first-order valence-electron chi connectivity index (χ1n) is 7.63. The van der Waals surface area contributed by atoms with E-state index < -0.39 is 0 Å². The first kappa shape index (κ1) is 18.9. The highest BCUT2D eigenvalue weighted by molar-refractivity contribution is 7.17. The summed E-state index contributed by atoms with van der Waals surface area (Å²) in [6.07, 6.45) is 0. The number of anilines is 1. The molecule has 13 heteroatoms. The normalized spacial score (nSPS) is 14.4. The minimum atomic E-state index is 0.133. The van der Waals surface area contributed by atoms with Gasteiger partial charge < -0.3 is 9.64 Å². The van der Waals surface area contributed by atoms with Gasteiger partial charge in [-0.2, -0.15) is 15.0 Å².